The zero-order valence-electron chi connectivity index (χ0n) is 12.2. The van der Waals surface area contributed by atoms with Gasteiger partial charge in [-0.05, 0) is 44.2 Å². The highest BCUT2D eigenvalue weighted by atomic mass is 32.2. The number of H-pyrrole nitrogens is 1. The van der Waals surface area contributed by atoms with E-state index in [0.717, 1.165) is 6.07 Å². The van der Waals surface area contributed by atoms with Crippen molar-refractivity contribution in [1.82, 2.24) is 4.98 Å². The highest BCUT2D eigenvalue weighted by Gasteiger charge is 2.16. The van der Waals surface area contributed by atoms with E-state index in [2.05, 4.69) is 9.71 Å². The van der Waals surface area contributed by atoms with Crippen LogP contribution in [0, 0.1) is 17.1 Å². The van der Waals surface area contributed by atoms with Crippen molar-refractivity contribution in [3.05, 3.63) is 41.8 Å². The van der Waals surface area contributed by atoms with E-state index >= 15 is 0 Å². The van der Waals surface area contributed by atoms with Gasteiger partial charge in [0.2, 0.25) is 10.0 Å². The third-order valence-corrected chi connectivity index (χ3v) is 4.92. The summed E-state index contributed by atoms with van der Waals surface area (Å²) in [6.07, 6.45) is 0.216. The molecule has 0 aliphatic heterocycles. The van der Waals surface area contributed by atoms with Crippen molar-refractivity contribution in [1.29, 1.82) is 5.26 Å². The maximum Gasteiger partial charge on any atom is 0.235 e. The van der Waals surface area contributed by atoms with Gasteiger partial charge in [0, 0.05) is 17.0 Å². The second-order valence-corrected chi connectivity index (χ2v) is 7.36. The van der Waals surface area contributed by atoms with Crippen LogP contribution < -0.4 is 4.72 Å². The minimum absolute atomic E-state index is 0.179. The molecular formula is C15H16FN3O2S. The summed E-state index contributed by atoms with van der Waals surface area (Å²) in [7, 11) is -3.51. The van der Waals surface area contributed by atoms with Crippen molar-refractivity contribution >= 4 is 15.7 Å². The molecule has 0 saturated carbocycles. The van der Waals surface area contributed by atoms with Crippen LogP contribution in [0.2, 0.25) is 0 Å². The molecule has 0 aliphatic rings. The lowest BCUT2D eigenvalue weighted by molar-refractivity contribution is 0.592. The van der Waals surface area contributed by atoms with Crippen molar-refractivity contribution in [2.75, 3.05) is 4.72 Å². The van der Waals surface area contributed by atoms with Gasteiger partial charge < -0.3 is 4.98 Å². The van der Waals surface area contributed by atoms with Gasteiger partial charge in [-0.2, -0.15) is 5.26 Å². The van der Waals surface area contributed by atoms with Crippen molar-refractivity contribution in [3.63, 3.8) is 0 Å². The summed E-state index contributed by atoms with van der Waals surface area (Å²) >= 11 is 0. The number of benzene rings is 1. The Bertz CT molecular complexity index is 820. The molecule has 22 heavy (non-hydrogen) atoms. The van der Waals surface area contributed by atoms with Gasteiger partial charge in [-0.1, -0.05) is 0 Å². The number of nitrogens with one attached hydrogen (secondary N) is 2. The van der Waals surface area contributed by atoms with E-state index in [0.29, 0.717) is 17.0 Å². The summed E-state index contributed by atoms with van der Waals surface area (Å²) in [5, 5.41) is 8.03. The largest absolute Gasteiger partial charge is 0.357 e. The molecule has 1 heterocycles. The molecule has 5 nitrogen and oxygen atoms in total. The number of rotatable bonds is 5. The minimum atomic E-state index is -3.51. The smallest absolute Gasteiger partial charge is 0.235 e. The number of hydrogen-bond donors (Lipinski definition) is 2. The molecule has 2 aromatic rings. The Morgan fingerprint density at radius 1 is 1.32 bits per heavy atom. The molecule has 1 aromatic heterocycles. The first-order valence-corrected chi connectivity index (χ1v) is 8.24. The SMILES string of the molecule is CC(C)S(=O)(=O)Nc1ccc(-c2ccc(CC#N)[nH]2)c(F)c1. The molecule has 0 saturated heterocycles. The fourth-order valence-corrected chi connectivity index (χ4v) is 2.56. The molecule has 0 atom stereocenters. The molecule has 0 unspecified atom stereocenters. The first kappa shape index (κ1) is 16.0. The molecule has 116 valence electrons. The Balaban J connectivity index is 2.28. The summed E-state index contributed by atoms with van der Waals surface area (Å²) in [6, 6.07) is 9.54. The van der Waals surface area contributed by atoms with E-state index in [1.807, 2.05) is 6.07 Å². The van der Waals surface area contributed by atoms with Gasteiger partial charge in [-0.25, -0.2) is 12.8 Å². The average Bonchev–Trinajstić information content (AvgIpc) is 2.87. The number of anilines is 1. The summed E-state index contributed by atoms with van der Waals surface area (Å²) in [6.45, 7) is 3.09. The molecule has 1 aromatic carbocycles. The first-order chi connectivity index (χ1) is 10.3. The fraction of sp³-hybridized carbons (Fsp3) is 0.267. The monoisotopic (exact) mass is 321 g/mol. The zero-order valence-corrected chi connectivity index (χ0v) is 13.0. The first-order valence-electron chi connectivity index (χ1n) is 6.70. The summed E-state index contributed by atoms with van der Waals surface area (Å²) in [5.74, 6) is -0.547. The third-order valence-electron chi connectivity index (χ3n) is 3.16. The van der Waals surface area contributed by atoms with E-state index in [-0.39, 0.29) is 12.1 Å². The topological polar surface area (TPSA) is 85.8 Å². The third kappa shape index (κ3) is 3.46. The quantitative estimate of drug-likeness (QED) is 0.887. The van der Waals surface area contributed by atoms with E-state index in [9.17, 15) is 12.8 Å². The van der Waals surface area contributed by atoms with E-state index < -0.39 is 21.1 Å². The highest BCUT2D eigenvalue weighted by molar-refractivity contribution is 7.93. The predicted molar refractivity (Wildman–Crippen MR) is 83.2 cm³/mol. The molecule has 0 radical (unpaired) electrons. The second-order valence-electron chi connectivity index (χ2n) is 5.12. The van der Waals surface area contributed by atoms with Gasteiger partial charge in [0.1, 0.15) is 5.82 Å². The predicted octanol–water partition coefficient (Wildman–Crippen LogP) is 3.04. The zero-order chi connectivity index (χ0) is 16.3. The molecule has 0 aliphatic carbocycles. The van der Waals surface area contributed by atoms with Gasteiger partial charge in [0.15, 0.2) is 0 Å². The Morgan fingerprint density at radius 3 is 2.64 bits per heavy atom. The van der Waals surface area contributed by atoms with Crippen LogP contribution in [0.1, 0.15) is 19.5 Å². The maximum atomic E-state index is 14.2. The van der Waals surface area contributed by atoms with Crippen LogP contribution in [0.25, 0.3) is 11.3 Å². The molecule has 0 spiro atoms. The minimum Gasteiger partial charge on any atom is -0.357 e. The van der Waals surface area contributed by atoms with Gasteiger partial charge in [0.25, 0.3) is 0 Å². The lowest BCUT2D eigenvalue weighted by Crippen LogP contribution is -2.22. The van der Waals surface area contributed by atoms with E-state index in [1.54, 1.807) is 26.0 Å². The Kier molecular flexibility index (Phi) is 4.52. The normalized spacial score (nSPS) is 11.4. The second kappa shape index (κ2) is 6.20. The van der Waals surface area contributed by atoms with Crippen LogP contribution in [-0.2, 0) is 16.4 Å². The molecule has 7 heteroatoms. The van der Waals surface area contributed by atoms with Crippen molar-refractivity contribution in [2.24, 2.45) is 0 Å². The Labute approximate surface area is 128 Å². The number of nitrogens with zero attached hydrogens (tertiary/aromatic N) is 1. The van der Waals surface area contributed by atoms with Gasteiger partial charge in [-0.3, -0.25) is 4.72 Å². The number of aromatic amines is 1. The lowest BCUT2D eigenvalue weighted by Gasteiger charge is -2.11. The molecule has 2 N–H and O–H groups in total. The van der Waals surface area contributed by atoms with Crippen LogP contribution >= 0.6 is 0 Å². The van der Waals surface area contributed by atoms with E-state index in [4.69, 9.17) is 5.26 Å². The molecule has 0 bridgehead atoms. The summed E-state index contributed by atoms with van der Waals surface area (Å²) < 4.78 is 40.1. The Hall–Kier alpha value is -2.33. The van der Waals surface area contributed by atoms with Crippen LogP contribution in [0.5, 0.6) is 0 Å². The summed E-state index contributed by atoms with van der Waals surface area (Å²) in [5.41, 5.74) is 1.73. The van der Waals surface area contributed by atoms with Crippen LogP contribution in [0.3, 0.4) is 0 Å². The average molecular weight is 321 g/mol. The highest BCUT2D eigenvalue weighted by Crippen LogP contribution is 2.25. The van der Waals surface area contributed by atoms with Gasteiger partial charge in [0.05, 0.1) is 23.4 Å². The van der Waals surface area contributed by atoms with Crippen molar-refractivity contribution in [2.45, 2.75) is 25.5 Å². The molecule has 0 amide bonds. The number of aromatic nitrogens is 1. The van der Waals surface area contributed by atoms with Gasteiger partial charge in [-0.15, -0.1) is 0 Å². The number of sulfonamides is 1. The summed E-state index contributed by atoms with van der Waals surface area (Å²) in [4.78, 5) is 2.96. The maximum absolute atomic E-state index is 14.2. The van der Waals surface area contributed by atoms with Crippen LogP contribution in [0.15, 0.2) is 30.3 Å². The Morgan fingerprint density at radius 2 is 2.05 bits per heavy atom. The van der Waals surface area contributed by atoms with Crippen molar-refractivity contribution in [3.8, 4) is 17.3 Å². The van der Waals surface area contributed by atoms with Crippen molar-refractivity contribution < 1.29 is 12.8 Å². The number of nitriles is 1. The van der Waals surface area contributed by atoms with Crippen LogP contribution in [0.4, 0.5) is 10.1 Å². The molecule has 0 fully saturated rings. The lowest BCUT2D eigenvalue weighted by atomic mass is 10.1. The number of halogens is 1. The number of hydrogen-bond acceptors (Lipinski definition) is 3. The standard InChI is InChI=1S/C15H16FN3O2S/c1-10(2)22(20,21)19-12-3-5-13(14(16)9-12)15-6-4-11(18-15)7-8-17/h3-6,9-10,18-19H,7H2,1-2H3. The molecular weight excluding hydrogens is 305 g/mol. The van der Waals surface area contributed by atoms with Crippen LogP contribution in [-0.4, -0.2) is 18.7 Å². The van der Waals surface area contributed by atoms with Gasteiger partial charge >= 0.3 is 0 Å². The molecule has 2 rings (SSSR count). The van der Waals surface area contributed by atoms with E-state index in [1.165, 1.54) is 12.1 Å². The fourth-order valence-electron chi connectivity index (χ4n) is 1.86.